The van der Waals surface area contributed by atoms with Crippen molar-refractivity contribution < 1.29 is 0 Å². The number of rotatable bonds is 8. The summed E-state index contributed by atoms with van der Waals surface area (Å²) in [5, 5.41) is 4.71. The van der Waals surface area contributed by atoms with Crippen molar-refractivity contribution in [2.24, 2.45) is 0 Å². The van der Waals surface area contributed by atoms with Crippen LogP contribution in [0.15, 0.2) is 23.0 Å². The normalized spacial score (nSPS) is 12.7. The molecule has 2 rings (SSSR count). The molecule has 0 radical (unpaired) electrons. The average Bonchev–Trinajstić information content (AvgIpc) is 2.54. The molecular weight excluding hydrogens is 310 g/mol. The molecule has 4 nitrogen and oxygen atoms in total. The molecule has 0 saturated carbocycles. The number of hydrogen-bond donors (Lipinski definition) is 1. The first-order valence-electron chi connectivity index (χ1n) is 8.51. The van der Waals surface area contributed by atoms with Crippen molar-refractivity contribution in [1.82, 2.24) is 14.9 Å². The molecule has 1 N–H and O–H groups in total. The lowest BCUT2D eigenvalue weighted by atomic mass is 10.2. The lowest BCUT2D eigenvalue weighted by Crippen LogP contribution is -2.31. The second kappa shape index (κ2) is 8.46. The third kappa shape index (κ3) is 4.33. The number of hydrogen-bond acceptors (Lipinski definition) is 3. The minimum Gasteiger partial charge on any atom is -0.308 e. The number of fused-ring (bicyclic) bond motifs is 1. The van der Waals surface area contributed by atoms with Gasteiger partial charge in [-0.05, 0) is 45.0 Å². The van der Waals surface area contributed by atoms with Crippen LogP contribution in [0.4, 0.5) is 0 Å². The van der Waals surface area contributed by atoms with Crippen LogP contribution in [-0.4, -0.2) is 16.1 Å². The Labute approximate surface area is 142 Å². The predicted molar refractivity (Wildman–Crippen MR) is 97.2 cm³/mol. The molecule has 0 fully saturated rings. The number of aromatic nitrogens is 2. The van der Waals surface area contributed by atoms with E-state index in [2.05, 4.69) is 19.2 Å². The Morgan fingerprint density at radius 2 is 2.04 bits per heavy atom. The predicted octanol–water partition coefficient (Wildman–Crippen LogP) is 4.30. The van der Waals surface area contributed by atoms with Crippen molar-refractivity contribution in [3.8, 4) is 0 Å². The van der Waals surface area contributed by atoms with Crippen molar-refractivity contribution in [3.05, 3.63) is 39.4 Å². The van der Waals surface area contributed by atoms with Crippen LogP contribution in [0.25, 0.3) is 10.9 Å². The maximum atomic E-state index is 12.7. The van der Waals surface area contributed by atoms with E-state index >= 15 is 0 Å². The number of nitrogens with zero attached hydrogens (tertiary/aromatic N) is 2. The Morgan fingerprint density at radius 1 is 1.26 bits per heavy atom. The van der Waals surface area contributed by atoms with E-state index in [-0.39, 0.29) is 11.6 Å². The van der Waals surface area contributed by atoms with E-state index in [1.165, 1.54) is 19.3 Å². The van der Waals surface area contributed by atoms with Gasteiger partial charge in [0.25, 0.3) is 5.56 Å². The first kappa shape index (κ1) is 18.0. The van der Waals surface area contributed by atoms with Gasteiger partial charge in [-0.25, -0.2) is 4.98 Å². The zero-order valence-electron chi connectivity index (χ0n) is 14.2. The Kier molecular flexibility index (Phi) is 6.60. The van der Waals surface area contributed by atoms with Gasteiger partial charge in [0.1, 0.15) is 5.82 Å². The van der Waals surface area contributed by atoms with Crippen molar-refractivity contribution >= 4 is 22.5 Å². The third-order valence-electron chi connectivity index (χ3n) is 4.13. The molecule has 0 aliphatic carbocycles. The maximum Gasteiger partial charge on any atom is 0.261 e. The number of halogens is 1. The average molecular weight is 336 g/mol. The Balaban J connectivity index is 2.26. The van der Waals surface area contributed by atoms with E-state index in [1.807, 2.05) is 6.92 Å². The number of nitrogens with one attached hydrogen (secondary N) is 1. The highest BCUT2D eigenvalue weighted by atomic mass is 35.5. The van der Waals surface area contributed by atoms with Crippen LogP contribution in [0.1, 0.15) is 58.3 Å². The van der Waals surface area contributed by atoms with Gasteiger partial charge in [-0.2, -0.15) is 0 Å². The van der Waals surface area contributed by atoms with E-state index < -0.39 is 0 Å². The summed E-state index contributed by atoms with van der Waals surface area (Å²) in [6, 6.07) is 5.29. The molecule has 0 amide bonds. The standard InChI is InChI=1S/C18H26ClN3O/c1-4-6-7-8-11-20-13(3)17-21-16-12-14(19)9-10-15(16)18(23)22(17)5-2/h9-10,12-13,20H,4-8,11H2,1-3H3. The van der Waals surface area contributed by atoms with Gasteiger partial charge in [0, 0.05) is 11.6 Å². The summed E-state index contributed by atoms with van der Waals surface area (Å²) in [6.45, 7) is 7.79. The maximum absolute atomic E-state index is 12.7. The Bertz CT molecular complexity index is 711. The summed E-state index contributed by atoms with van der Waals surface area (Å²) in [5.74, 6) is 0.780. The molecule has 2 aromatic rings. The van der Waals surface area contributed by atoms with Crippen LogP contribution < -0.4 is 10.9 Å². The molecule has 1 aromatic heterocycles. The smallest absolute Gasteiger partial charge is 0.261 e. The van der Waals surface area contributed by atoms with E-state index in [9.17, 15) is 4.79 Å². The summed E-state index contributed by atoms with van der Waals surface area (Å²) in [4.78, 5) is 17.4. The van der Waals surface area contributed by atoms with Crippen LogP contribution >= 0.6 is 11.6 Å². The van der Waals surface area contributed by atoms with Gasteiger partial charge in [0.2, 0.25) is 0 Å². The fourth-order valence-electron chi connectivity index (χ4n) is 2.81. The van der Waals surface area contributed by atoms with E-state index in [0.717, 1.165) is 18.8 Å². The minimum atomic E-state index is 0.00352. The quantitative estimate of drug-likeness (QED) is 0.731. The lowest BCUT2D eigenvalue weighted by Gasteiger charge is -2.18. The molecule has 0 spiro atoms. The van der Waals surface area contributed by atoms with Crippen molar-refractivity contribution in [1.29, 1.82) is 0 Å². The van der Waals surface area contributed by atoms with E-state index in [4.69, 9.17) is 16.6 Å². The molecule has 0 saturated heterocycles. The van der Waals surface area contributed by atoms with Crippen LogP contribution in [0.3, 0.4) is 0 Å². The monoisotopic (exact) mass is 335 g/mol. The fourth-order valence-corrected chi connectivity index (χ4v) is 2.98. The van der Waals surface area contributed by atoms with Crippen molar-refractivity contribution in [3.63, 3.8) is 0 Å². The molecular formula is C18H26ClN3O. The molecule has 23 heavy (non-hydrogen) atoms. The van der Waals surface area contributed by atoms with Crippen molar-refractivity contribution in [2.45, 2.75) is 59.0 Å². The SMILES string of the molecule is CCCCCCNC(C)c1nc2cc(Cl)ccc2c(=O)n1CC. The summed E-state index contributed by atoms with van der Waals surface area (Å²) < 4.78 is 1.75. The van der Waals surface area contributed by atoms with E-state index in [1.54, 1.807) is 22.8 Å². The third-order valence-corrected chi connectivity index (χ3v) is 4.37. The van der Waals surface area contributed by atoms with Gasteiger partial charge >= 0.3 is 0 Å². The van der Waals surface area contributed by atoms with Crippen LogP contribution in [0.5, 0.6) is 0 Å². The van der Waals surface area contributed by atoms with Gasteiger partial charge in [-0.15, -0.1) is 0 Å². The summed E-state index contributed by atoms with van der Waals surface area (Å²) >= 11 is 6.04. The summed E-state index contributed by atoms with van der Waals surface area (Å²) in [6.07, 6.45) is 4.88. The van der Waals surface area contributed by atoms with Gasteiger partial charge in [0.05, 0.1) is 16.9 Å². The molecule has 0 aliphatic rings. The minimum absolute atomic E-state index is 0.00352. The van der Waals surface area contributed by atoms with Gasteiger partial charge < -0.3 is 5.32 Å². The van der Waals surface area contributed by atoms with E-state index in [0.29, 0.717) is 22.5 Å². The van der Waals surface area contributed by atoms with Crippen LogP contribution in [0.2, 0.25) is 5.02 Å². The van der Waals surface area contributed by atoms with Crippen LogP contribution in [0, 0.1) is 0 Å². The van der Waals surface area contributed by atoms with Gasteiger partial charge in [-0.1, -0.05) is 37.8 Å². The first-order valence-corrected chi connectivity index (χ1v) is 8.89. The highest BCUT2D eigenvalue weighted by Crippen LogP contribution is 2.18. The Hall–Kier alpha value is -1.39. The molecule has 126 valence electrons. The van der Waals surface area contributed by atoms with Crippen molar-refractivity contribution in [2.75, 3.05) is 6.54 Å². The number of benzene rings is 1. The van der Waals surface area contributed by atoms with Crippen LogP contribution in [-0.2, 0) is 6.54 Å². The summed E-state index contributed by atoms with van der Waals surface area (Å²) in [7, 11) is 0. The zero-order valence-corrected chi connectivity index (χ0v) is 15.0. The van der Waals surface area contributed by atoms with Gasteiger partial charge in [-0.3, -0.25) is 9.36 Å². The lowest BCUT2D eigenvalue weighted by molar-refractivity contribution is 0.489. The molecule has 1 aromatic carbocycles. The largest absolute Gasteiger partial charge is 0.308 e. The van der Waals surface area contributed by atoms with Gasteiger partial charge in [0.15, 0.2) is 0 Å². The summed E-state index contributed by atoms with van der Waals surface area (Å²) in [5.41, 5.74) is 0.672. The number of unbranched alkanes of at least 4 members (excludes halogenated alkanes) is 3. The molecule has 0 bridgehead atoms. The topological polar surface area (TPSA) is 46.9 Å². The highest BCUT2D eigenvalue weighted by molar-refractivity contribution is 6.31. The zero-order chi connectivity index (χ0) is 16.8. The Morgan fingerprint density at radius 3 is 2.74 bits per heavy atom. The molecule has 5 heteroatoms. The highest BCUT2D eigenvalue weighted by Gasteiger charge is 2.15. The molecule has 0 aliphatic heterocycles. The second-order valence-corrected chi connectivity index (χ2v) is 6.35. The second-order valence-electron chi connectivity index (χ2n) is 5.92. The molecule has 1 atom stereocenters. The fraction of sp³-hybridized carbons (Fsp3) is 0.556. The molecule has 1 unspecified atom stereocenters. The first-order chi connectivity index (χ1) is 11.1. The molecule has 1 heterocycles.